The maximum absolute atomic E-state index is 11.8. The molecule has 2 heterocycles. The molecule has 0 saturated carbocycles. The first-order chi connectivity index (χ1) is 12.0. The highest BCUT2D eigenvalue weighted by atomic mass is 31.3. The van der Waals surface area contributed by atoms with Crippen LogP contribution >= 0.6 is 15.6 Å². The van der Waals surface area contributed by atoms with Crippen LogP contribution in [-0.4, -0.2) is 61.6 Å². The first-order valence-electron chi connectivity index (χ1n) is 6.89. The van der Waals surface area contributed by atoms with Crippen LogP contribution < -0.4 is 11.4 Å². The first kappa shape index (κ1) is 21.1. The molecule has 148 valence electrons. The van der Waals surface area contributed by atoms with Gasteiger partial charge in [0.1, 0.15) is 24.1 Å². The SMILES string of the molecule is COP(=O)(O)OP(=O)(O)OC[C@H]1O[C@@H](n2ccc(N)nc2=O)[C@H](O)[C@@H]1O. The van der Waals surface area contributed by atoms with Crippen molar-refractivity contribution in [1.29, 1.82) is 0 Å². The van der Waals surface area contributed by atoms with Gasteiger partial charge in [0.25, 0.3) is 0 Å². The van der Waals surface area contributed by atoms with Crippen LogP contribution in [0.5, 0.6) is 0 Å². The lowest BCUT2D eigenvalue weighted by Gasteiger charge is -2.18. The smallest absolute Gasteiger partial charge is 0.387 e. The molecule has 1 aromatic rings. The van der Waals surface area contributed by atoms with Crippen LogP contribution in [0.2, 0.25) is 0 Å². The minimum atomic E-state index is -5.05. The molecule has 6 N–H and O–H groups in total. The summed E-state index contributed by atoms with van der Waals surface area (Å²) < 4.78 is 41.2. The fourth-order valence-corrected chi connectivity index (χ4v) is 3.90. The number of ether oxygens (including phenoxy) is 1. The summed E-state index contributed by atoms with van der Waals surface area (Å²) in [6.07, 6.45) is -4.79. The van der Waals surface area contributed by atoms with Crippen molar-refractivity contribution in [2.45, 2.75) is 24.5 Å². The number of nitrogens with two attached hydrogens (primary N) is 1. The van der Waals surface area contributed by atoms with Crippen molar-refractivity contribution in [3.05, 3.63) is 22.7 Å². The van der Waals surface area contributed by atoms with Crippen molar-refractivity contribution in [3.8, 4) is 0 Å². The quantitative estimate of drug-likeness (QED) is 0.314. The highest BCUT2D eigenvalue weighted by molar-refractivity contribution is 7.61. The standard InChI is InChI=1S/C10H17N3O11P2/c1-21-25(17,18)24-26(19,20)22-4-5-7(14)8(15)9(23-5)13-3-2-6(11)12-10(13)16/h2-3,5,7-9,14-15H,4H2,1H3,(H,17,18)(H,19,20)(H2,11,12,16)/t5-,7-,8-,9-/m1/s1. The van der Waals surface area contributed by atoms with Gasteiger partial charge in [-0.15, -0.1) is 0 Å². The number of hydrogen-bond donors (Lipinski definition) is 5. The topological polar surface area (TPSA) is 213 Å². The number of anilines is 1. The summed E-state index contributed by atoms with van der Waals surface area (Å²) in [6.45, 7) is -0.816. The lowest BCUT2D eigenvalue weighted by molar-refractivity contribution is -0.0541. The zero-order chi connectivity index (χ0) is 19.7. The summed E-state index contributed by atoms with van der Waals surface area (Å²) in [7, 11) is -9.09. The van der Waals surface area contributed by atoms with E-state index in [1.54, 1.807) is 0 Å². The van der Waals surface area contributed by atoms with Gasteiger partial charge in [-0.25, -0.2) is 13.9 Å². The second-order valence-corrected chi connectivity index (χ2v) is 8.24. The number of aliphatic hydroxyl groups excluding tert-OH is 2. The molecule has 6 atom stereocenters. The number of phosphoric acid groups is 2. The van der Waals surface area contributed by atoms with E-state index in [1.807, 2.05) is 0 Å². The third-order valence-electron chi connectivity index (χ3n) is 3.30. The third kappa shape index (κ3) is 4.96. The molecule has 16 heteroatoms. The lowest BCUT2D eigenvalue weighted by Crippen LogP contribution is -2.36. The number of hydrogen-bond acceptors (Lipinski definition) is 11. The molecule has 2 rings (SSSR count). The molecule has 1 aliphatic rings. The molecule has 0 aliphatic carbocycles. The van der Waals surface area contributed by atoms with Crippen molar-refractivity contribution < 1.29 is 47.2 Å². The van der Waals surface area contributed by atoms with Crippen LogP contribution in [0.4, 0.5) is 5.82 Å². The van der Waals surface area contributed by atoms with E-state index >= 15 is 0 Å². The minimum Gasteiger partial charge on any atom is -0.387 e. The average molecular weight is 417 g/mol. The molecular weight excluding hydrogens is 400 g/mol. The van der Waals surface area contributed by atoms with Crippen molar-refractivity contribution in [3.63, 3.8) is 0 Å². The fourth-order valence-electron chi connectivity index (χ4n) is 2.07. The summed E-state index contributed by atoms with van der Waals surface area (Å²) in [4.78, 5) is 33.6. The van der Waals surface area contributed by atoms with Gasteiger partial charge in [-0.3, -0.25) is 13.6 Å². The predicted molar refractivity (Wildman–Crippen MR) is 82.5 cm³/mol. The van der Waals surface area contributed by atoms with Crippen LogP contribution in [0.1, 0.15) is 6.23 Å². The second-order valence-electron chi connectivity index (χ2n) is 5.09. The van der Waals surface area contributed by atoms with E-state index in [9.17, 15) is 29.0 Å². The third-order valence-corrected chi connectivity index (χ3v) is 5.89. The van der Waals surface area contributed by atoms with Gasteiger partial charge < -0.3 is 30.5 Å². The Bertz CT molecular complexity index is 801. The molecule has 0 aromatic carbocycles. The van der Waals surface area contributed by atoms with Crippen molar-refractivity contribution in [2.75, 3.05) is 19.5 Å². The highest BCUT2D eigenvalue weighted by Crippen LogP contribution is 2.60. The average Bonchev–Trinajstić information content (AvgIpc) is 2.80. The minimum absolute atomic E-state index is 0.0656. The highest BCUT2D eigenvalue weighted by Gasteiger charge is 2.45. The van der Waals surface area contributed by atoms with E-state index in [2.05, 4.69) is 18.3 Å². The number of aliphatic hydroxyl groups is 2. The Morgan fingerprint density at radius 3 is 2.54 bits per heavy atom. The zero-order valence-corrected chi connectivity index (χ0v) is 15.0. The van der Waals surface area contributed by atoms with E-state index in [1.165, 1.54) is 12.3 Å². The van der Waals surface area contributed by atoms with Crippen LogP contribution in [0.15, 0.2) is 17.1 Å². The van der Waals surface area contributed by atoms with Gasteiger partial charge >= 0.3 is 21.3 Å². The monoisotopic (exact) mass is 417 g/mol. The fraction of sp³-hybridized carbons (Fsp3) is 0.600. The van der Waals surface area contributed by atoms with Gasteiger partial charge in [-0.2, -0.15) is 9.29 Å². The van der Waals surface area contributed by atoms with Gasteiger partial charge in [0.2, 0.25) is 0 Å². The zero-order valence-electron chi connectivity index (χ0n) is 13.2. The summed E-state index contributed by atoms with van der Waals surface area (Å²) in [5, 5.41) is 20.0. The number of rotatable bonds is 7. The Labute approximate surface area is 145 Å². The van der Waals surface area contributed by atoms with Gasteiger partial charge in [0, 0.05) is 13.3 Å². The molecule has 14 nitrogen and oxygen atoms in total. The summed E-state index contributed by atoms with van der Waals surface area (Å²) in [6, 6.07) is 1.26. The normalized spacial score (nSPS) is 30.7. The molecule has 0 spiro atoms. The number of nitrogens with zero attached hydrogens (tertiary/aromatic N) is 2. The largest absolute Gasteiger partial charge is 0.481 e. The Balaban J connectivity index is 2.07. The molecule has 0 bridgehead atoms. The van der Waals surface area contributed by atoms with E-state index in [0.29, 0.717) is 0 Å². The molecule has 1 aliphatic heterocycles. The van der Waals surface area contributed by atoms with E-state index in [-0.39, 0.29) is 5.82 Å². The number of nitrogen functional groups attached to an aromatic ring is 1. The maximum atomic E-state index is 11.8. The Hall–Kier alpha value is -1.18. The van der Waals surface area contributed by atoms with Crippen LogP contribution in [0.25, 0.3) is 0 Å². The van der Waals surface area contributed by atoms with Crippen LogP contribution in [0.3, 0.4) is 0 Å². The molecule has 0 radical (unpaired) electrons. The Kier molecular flexibility index (Phi) is 6.36. The first-order valence-corrected chi connectivity index (χ1v) is 9.88. The van der Waals surface area contributed by atoms with Crippen molar-refractivity contribution in [2.24, 2.45) is 0 Å². The van der Waals surface area contributed by atoms with Crippen molar-refractivity contribution >= 4 is 21.5 Å². The van der Waals surface area contributed by atoms with Gasteiger partial charge in [0.05, 0.1) is 6.61 Å². The molecule has 0 amide bonds. The van der Waals surface area contributed by atoms with E-state index in [4.69, 9.17) is 15.4 Å². The molecule has 2 unspecified atom stereocenters. The Morgan fingerprint density at radius 1 is 1.31 bits per heavy atom. The molecule has 1 fully saturated rings. The van der Waals surface area contributed by atoms with Gasteiger partial charge in [-0.05, 0) is 6.07 Å². The summed E-state index contributed by atoms with van der Waals surface area (Å²) >= 11 is 0. The van der Waals surface area contributed by atoms with Crippen LogP contribution in [-0.2, 0) is 27.2 Å². The molecule has 26 heavy (non-hydrogen) atoms. The van der Waals surface area contributed by atoms with E-state index < -0.39 is 52.5 Å². The summed E-state index contributed by atoms with van der Waals surface area (Å²) in [5.74, 6) is -0.0656. The number of phosphoric ester groups is 2. The van der Waals surface area contributed by atoms with Gasteiger partial charge in [0.15, 0.2) is 6.23 Å². The van der Waals surface area contributed by atoms with Gasteiger partial charge in [-0.1, -0.05) is 0 Å². The van der Waals surface area contributed by atoms with E-state index in [0.717, 1.165) is 11.7 Å². The molecule has 1 aromatic heterocycles. The number of aromatic nitrogens is 2. The lowest BCUT2D eigenvalue weighted by atomic mass is 10.1. The predicted octanol–water partition coefficient (Wildman–Crippen LogP) is -1.67. The summed E-state index contributed by atoms with van der Waals surface area (Å²) in [5.41, 5.74) is 4.49. The van der Waals surface area contributed by atoms with Crippen LogP contribution in [0, 0.1) is 0 Å². The second kappa shape index (κ2) is 7.82. The Morgan fingerprint density at radius 2 is 1.96 bits per heavy atom. The molecule has 1 saturated heterocycles. The maximum Gasteiger partial charge on any atom is 0.481 e. The van der Waals surface area contributed by atoms with Crippen molar-refractivity contribution in [1.82, 2.24) is 9.55 Å². The molecular formula is C10H17N3O11P2.